The summed E-state index contributed by atoms with van der Waals surface area (Å²) in [5.74, 6) is -2.04. The van der Waals surface area contributed by atoms with Crippen LogP contribution in [0.1, 0.15) is 13.3 Å². The molecule has 0 aromatic rings. The minimum Gasteiger partial charge on any atom is -0.480 e. The fourth-order valence-corrected chi connectivity index (χ4v) is 2.78. The maximum atomic E-state index is 11.4. The molecule has 0 aromatic heterocycles. The van der Waals surface area contributed by atoms with Gasteiger partial charge in [-0.3, -0.25) is 4.79 Å². The van der Waals surface area contributed by atoms with Gasteiger partial charge in [-0.25, -0.2) is 9.59 Å². The largest absolute Gasteiger partial charge is 0.480 e. The minimum absolute atomic E-state index is 0.235. The highest BCUT2D eigenvalue weighted by Gasteiger charge is 2.38. The molecule has 0 aromatic carbocycles. The van der Waals surface area contributed by atoms with Gasteiger partial charge in [0.15, 0.2) is 0 Å². The van der Waals surface area contributed by atoms with Gasteiger partial charge in [-0.05, 0) is 12.2 Å². The zero-order valence-electron chi connectivity index (χ0n) is 8.75. The van der Waals surface area contributed by atoms with Gasteiger partial charge in [0, 0.05) is 12.7 Å². The Hall–Kier alpha value is -1.24. The summed E-state index contributed by atoms with van der Waals surface area (Å²) in [6.45, 7) is 1.20. The summed E-state index contributed by atoms with van der Waals surface area (Å²) in [5.41, 5.74) is 0. The summed E-state index contributed by atoms with van der Waals surface area (Å²) in [5, 5.41) is 18.0. The van der Waals surface area contributed by atoms with E-state index in [0.717, 1.165) is 4.90 Å². The van der Waals surface area contributed by atoms with E-state index in [1.807, 2.05) is 0 Å². The molecule has 6 nitrogen and oxygen atoms in total. The highest BCUT2D eigenvalue weighted by atomic mass is 32.2. The second kappa shape index (κ2) is 5.20. The van der Waals surface area contributed by atoms with Crippen molar-refractivity contribution in [1.29, 1.82) is 0 Å². The lowest BCUT2D eigenvalue weighted by Gasteiger charge is -2.30. The molecule has 0 radical (unpaired) electrons. The molecule has 0 saturated carbocycles. The normalized spacial score (nSPS) is 25.9. The summed E-state index contributed by atoms with van der Waals surface area (Å²) >= 11 is 1.36. The Labute approximate surface area is 96.6 Å². The van der Waals surface area contributed by atoms with Crippen LogP contribution >= 0.6 is 11.8 Å². The number of thioether (sulfide) groups is 1. The summed E-state index contributed by atoms with van der Waals surface area (Å²) in [6, 6.07) is -2.08. The van der Waals surface area contributed by atoms with Crippen molar-refractivity contribution >= 4 is 29.6 Å². The van der Waals surface area contributed by atoms with Crippen molar-refractivity contribution in [2.45, 2.75) is 25.4 Å². The van der Waals surface area contributed by atoms with Gasteiger partial charge in [-0.1, -0.05) is 0 Å². The van der Waals surface area contributed by atoms with Crippen LogP contribution in [0.5, 0.6) is 0 Å². The van der Waals surface area contributed by atoms with E-state index in [1.165, 1.54) is 18.7 Å². The molecule has 2 N–H and O–H groups in total. The Kier molecular flexibility index (Phi) is 4.17. The number of aliphatic carboxylic acids is 2. The average molecular weight is 247 g/mol. The lowest BCUT2D eigenvalue weighted by molar-refractivity contribution is -0.157. The van der Waals surface area contributed by atoms with Crippen molar-refractivity contribution in [3.63, 3.8) is 0 Å². The fraction of sp³-hybridized carbons (Fsp3) is 0.667. The third-order valence-corrected chi connectivity index (χ3v) is 3.49. The van der Waals surface area contributed by atoms with Gasteiger partial charge < -0.3 is 15.1 Å². The van der Waals surface area contributed by atoms with Crippen molar-refractivity contribution in [2.75, 3.05) is 11.5 Å². The standard InChI is InChI=1S/C9H13NO5S/c1-5(11)10-6(8(12)13)2-3-16-4-7(10)9(14)15/h6-7H,2-4H2,1H3,(H,12,13)(H,14,15). The van der Waals surface area contributed by atoms with Crippen LogP contribution < -0.4 is 0 Å². The Morgan fingerprint density at radius 1 is 1.19 bits per heavy atom. The molecule has 1 fully saturated rings. The predicted molar refractivity (Wildman–Crippen MR) is 57.3 cm³/mol. The van der Waals surface area contributed by atoms with Crippen molar-refractivity contribution in [1.82, 2.24) is 4.90 Å². The summed E-state index contributed by atoms with van der Waals surface area (Å²) in [4.78, 5) is 34.3. The zero-order valence-corrected chi connectivity index (χ0v) is 9.57. The van der Waals surface area contributed by atoms with Gasteiger partial charge in [-0.15, -0.1) is 0 Å². The number of carboxylic acid groups (broad SMARTS) is 2. The van der Waals surface area contributed by atoms with Gasteiger partial charge in [-0.2, -0.15) is 11.8 Å². The van der Waals surface area contributed by atoms with E-state index in [0.29, 0.717) is 5.75 Å². The topological polar surface area (TPSA) is 94.9 Å². The number of nitrogens with zero attached hydrogens (tertiary/aromatic N) is 1. The van der Waals surface area contributed by atoms with Gasteiger partial charge in [0.1, 0.15) is 12.1 Å². The molecular weight excluding hydrogens is 234 g/mol. The second-order valence-corrected chi connectivity index (χ2v) is 4.65. The molecule has 1 amide bonds. The van der Waals surface area contributed by atoms with E-state index in [2.05, 4.69) is 0 Å². The van der Waals surface area contributed by atoms with E-state index in [9.17, 15) is 14.4 Å². The number of hydrogen-bond acceptors (Lipinski definition) is 4. The highest BCUT2D eigenvalue weighted by molar-refractivity contribution is 7.99. The van der Waals surface area contributed by atoms with E-state index in [4.69, 9.17) is 10.2 Å². The van der Waals surface area contributed by atoms with E-state index < -0.39 is 29.9 Å². The zero-order chi connectivity index (χ0) is 12.3. The van der Waals surface area contributed by atoms with Crippen LogP contribution in [0.3, 0.4) is 0 Å². The lowest BCUT2D eigenvalue weighted by atomic mass is 10.1. The summed E-state index contributed by atoms with van der Waals surface area (Å²) < 4.78 is 0. The molecule has 1 saturated heterocycles. The molecule has 0 aliphatic carbocycles. The Balaban J connectivity index is 3.03. The average Bonchev–Trinajstić information content (AvgIpc) is 2.38. The molecule has 1 aliphatic heterocycles. The molecular formula is C9H13NO5S. The van der Waals surface area contributed by atoms with Crippen LogP contribution in [0.4, 0.5) is 0 Å². The number of hydrogen-bond donors (Lipinski definition) is 2. The fourth-order valence-electron chi connectivity index (χ4n) is 1.70. The van der Waals surface area contributed by atoms with Crippen molar-refractivity contribution < 1.29 is 24.6 Å². The molecule has 0 bridgehead atoms. The highest BCUT2D eigenvalue weighted by Crippen LogP contribution is 2.22. The minimum atomic E-state index is -1.16. The van der Waals surface area contributed by atoms with Gasteiger partial charge >= 0.3 is 11.9 Å². The second-order valence-electron chi connectivity index (χ2n) is 3.50. The summed E-state index contributed by atoms with van der Waals surface area (Å²) in [6.07, 6.45) is 0.281. The molecule has 90 valence electrons. The lowest BCUT2D eigenvalue weighted by Crippen LogP contribution is -2.53. The van der Waals surface area contributed by atoms with Gasteiger partial charge in [0.05, 0.1) is 0 Å². The Bertz CT molecular complexity index is 295. The molecule has 1 aliphatic rings. The SMILES string of the molecule is CC(=O)N1C(C(=O)O)CCSCC1C(=O)O. The predicted octanol–water partition coefficient (Wildman–Crippen LogP) is -0.122. The van der Waals surface area contributed by atoms with Crippen LogP contribution in [-0.2, 0) is 14.4 Å². The van der Waals surface area contributed by atoms with Crippen LogP contribution in [0.25, 0.3) is 0 Å². The number of rotatable bonds is 2. The van der Waals surface area contributed by atoms with Gasteiger partial charge in [0.2, 0.25) is 5.91 Å². The summed E-state index contributed by atoms with van der Waals surface area (Å²) in [7, 11) is 0. The Morgan fingerprint density at radius 3 is 2.19 bits per heavy atom. The third-order valence-electron chi connectivity index (χ3n) is 2.42. The van der Waals surface area contributed by atoms with Crippen molar-refractivity contribution in [3.8, 4) is 0 Å². The van der Waals surface area contributed by atoms with Gasteiger partial charge in [0.25, 0.3) is 0 Å². The maximum Gasteiger partial charge on any atom is 0.327 e. The molecule has 0 spiro atoms. The van der Waals surface area contributed by atoms with Crippen molar-refractivity contribution in [3.05, 3.63) is 0 Å². The van der Waals surface area contributed by atoms with E-state index >= 15 is 0 Å². The van der Waals surface area contributed by atoms with E-state index in [-0.39, 0.29) is 12.2 Å². The number of carbonyl (C=O) groups is 3. The molecule has 1 rings (SSSR count). The Morgan fingerprint density at radius 2 is 1.75 bits per heavy atom. The molecule has 7 heteroatoms. The monoisotopic (exact) mass is 247 g/mol. The maximum absolute atomic E-state index is 11.4. The van der Waals surface area contributed by atoms with E-state index in [1.54, 1.807) is 0 Å². The quantitative estimate of drug-likeness (QED) is 0.706. The first-order valence-electron chi connectivity index (χ1n) is 4.77. The van der Waals surface area contributed by atoms with Crippen LogP contribution in [0.2, 0.25) is 0 Å². The van der Waals surface area contributed by atoms with Crippen LogP contribution in [0.15, 0.2) is 0 Å². The molecule has 1 heterocycles. The molecule has 16 heavy (non-hydrogen) atoms. The molecule has 2 unspecified atom stereocenters. The van der Waals surface area contributed by atoms with Crippen molar-refractivity contribution in [2.24, 2.45) is 0 Å². The van der Waals surface area contributed by atoms with Crippen LogP contribution in [0, 0.1) is 0 Å². The molecule has 2 atom stereocenters. The first-order chi connectivity index (χ1) is 7.45. The number of amides is 1. The number of carbonyl (C=O) groups excluding carboxylic acids is 1. The first-order valence-corrected chi connectivity index (χ1v) is 5.93. The number of carboxylic acids is 2. The third kappa shape index (κ3) is 2.66. The smallest absolute Gasteiger partial charge is 0.327 e. The first kappa shape index (κ1) is 12.8. The van der Waals surface area contributed by atoms with Crippen LogP contribution in [-0.4, -0.2) is 56.5 Å².